The zero-order chi connectivity index (χ0) is 12.3. The fourth-order valence-electron chi connectivity index (χ4n) is 1.69. The van der Waals surface area contributed by atoms with E-state index in [9.17, 15) is 4.79 Å². The van der Waals surface area contributed by atoms with Crippen LogP contribution in [0.15, 0.2) is 12.3 Å². The van der Waals surface area contributed by atoms with Crippen LogP contribution in [0.25, 0.3) is 0 Å². The van der Waals surface area contributed by atoms with E-state index < -0.39 is 5.91 Å². The highest BCUT2D eigenvalue weighted by molar-refractivity contribution is 5.97. The summed E-state index contributed by atoms with van der Waals surface area (Å²) in [5.41, 5.74) is 11.2. The number of hydrogen-bond donors (Lipinski definition) is 2. The number of nitrogens with zero attached hydrogens (tertiary/aromatic N) is 1. The number of aromatic nitrogens is 1. The van der Waals surface area contributed by atoms with Crippen molar-refractivity contribution in [2.75, 3.05) is 18.9 Å². The van der Waals surface area contributed by atoms with Crippen LogP contribution in [0.1, 0.15) is 23.2 Å². The molecule has 1 saturated heterocycles. The zero-order valence-electron chi connectivity index (χ0n) is 9.39. The summed E-state index contributed by atoms with van der Waals surface area (Å²) in [6, 6.07) is 1.45. The molecule has 6 nitrogen and oxygen atoms in total. The average Bonchev–Trinajstić information content (AvgIpc) is 2.80. The molecular formula is C11H15N3O3. The lowest BCUT2D eigenvalue weighted by molar-refractivity contribution is 0.0663. The predicted molar refractivity (Wildman–Crippen MR) is 61.6 cm³/mol. The lowest BCUT2D eigenvalue weighted by Crippen LogP contribution is -2.18. The minimum absolute atomic E-state index is 0.103. The van der Waals surface area contributed by atoms with Crippen LogP contribution in [0, 0.1) is 0 Å². The van der Waals surface area contributed by atoms with Gasteiger partial charge in [-0.15, -0.1) is 0 Å². The van der Waals surface area contributed by atoms with Gasteiger partial charge >= 0.3 is 0 Å². The second-order valence-corrected chi connectivity index (χ2v) is 3.92. The fourth-order valence-corrected chi connectivity index (χ4v) is 1.69. The third kappa shape index (κ3) is 2.85. The first-order chi connectivity index (χ1) is 8.16. The number of nitrogens with two attached hydrogens (primary N) is 2. The molecule has 0 spiro atoms. The van der Waals surface area contributed by atoms with Crippen molar-refractivity contribution >= 4 is 11.6 Å². The molecule has 1 atom stereocenters. The van der Waals surface area contributed by atoms with Gasteiger partial charge in [-0.3, -0.25) is 4.79 Å². The van der Waals surface area contributed by atoms with E-state index in [2.05, 4.69) is 4.98 Å². The maximum absolute atomic E-state index is 11.1. The van der Waals surface area contributed by atoms with Crippen molar-refractivity contribution in [2.24, 2.45) is 5.73 Å². The molecule has 92 valence electrons. The fraction of sp³-hybridized carbons (Fsp3) is 0.455. The number of rotatable bonds is 4. The third-order valence-corrected chi connectivity index (χ3v) is 2.62. The molecule has 1 fully saturated rings. The number of hydrogen-bond acceptors (Lipinski definition) is 5. The molecule has 0 bridgehead atoms. The number of ether oxygens (including phenoxy) is 2. The SMILES string of the molecule is NC(=O)c1cc(OCC2CCCO2)ncc1N. The molecule has 1 aromatic heterocycles. The van der Waals surface area contributed by atoms with Gasteiger partial charge in [-0.2, -0.15) is 0 Å². The minimum atomic E-state index is -0.591. The smallest absolute Gasteiger partial charge is 0.251 e. The Morgan fingerprint density at radius 1 is 1.65 bits per heavy atom. The van der Waals surface area contributed by atoms with E-state index in [4.69, 9.17) is 20.9 Å². The van der Waals surface area contributed by atoms with Crippen molar-refractivity contribution in [1.29, 1.82) is 0 Å². The van der Waals surface area contributed by atoms with Crippen molar-refractivity contribution in [3.63, 3.8) is 0 Å². The third-order valence-electron chi connectivity index (χ3n) is 2.62. The molecule has 1 aromatic rings. The monoisotopic (exact) mass is 237 g/mol. The molecule has 0 aliphatic carbocycles. The first-order valence-corrected chi connectivity index (χ1v) is 5.46. The van der Waals surface area contributed by atoms with E-state index in [1.54, 1.807) is 0 Å². The van der Waals surface area contributed by atoms with E-state index >= 15 is 0 Å². The number of primary amides is 1. The molecule has 4 N–H and O–H groups in total. The predicted octanol–water partition coefficient (Wildman–Crippen LogP) is 0.320. The first kappa shape index (κ1) is 11.7. The average molecular weight is 237 g/mol. The summed E-state index contributed by atoms with van der Waals surface area (Å²) in [5, 5.41) is 0. The van der Waals surface area contributed by atoms with Crippen LogP contribution in [-0.4, -0.2) is 30.2 Å². The van der Waals surface area contributed by atoms with E-state index in [-0.39, 0.29) is 17.4 Å². The number of carbonyl (C=O) groups excluding carboxylic acids is 1. The maximum Gasteiger partial charge on any atom is 0.251 e. The summed E-state index contributed by atoms with van der Waals surface area (Å²) in [6.07, 6.45) is 3.50. The van der Waals surface area contributed by atoms with Crippen LogP contribution < -0.4 is 16.2 Å². The van der Waals surface area contributed by atoms with Gasteiger partial charge in [-0.25, -0.2) is 4.98 Å². The van der Waals surface area contributed by atoms with Gasteiger partial charge in [0.15, 0.2) is 0 Å². The van der Waals surface area contributed by atoms with E-state index in [0.29, 0.717) is 12.5 Å². The standard InChI is InChI=1S/C11H15N3O3/c12-9-5-14-10(4-8(9)11(13)15)17-6-7-2-1-3-16-7/h4-5,7H,1-3,6,12H2,(H2,13,15). The van der Waals surface area contributed by atoms with Crippen LogP contribution in [0.4, 0.5) is 5.69 Å². The molecule has 2 heterocycles. The molecule has 1 aliphatic rings. The Kier molecular flexibility index (Phi) is 3.43. The van der Waals surface area contributed by atoms with Crippen molar-refractivity contribution in [2.45, 2.75) is 18.9 Å². The largest absolute Gasteiger partial charge is 0.475 e. The van der Waals surface area contributed by atoms with Crippen LogP contribution >= 0.6 is 0 Å². The van der Waals surface area contributed by atoms with Gasteiger partial charge in [0.2, 0.25) is 5.88 Å². The zero-order valence-corrected chi connectivity index (χ0v) is 9.39. The van der Waals surface area contributed by atoms with Crippen LogP contribution in [0.5, 0.6) is 5.88 Å². The van der Waals surface area contributed by atoms with Gasteiger partial charge in [0.05, 0.1) is 23.6 Å². The molecular weight excluding hydrogens is 222 g/mol. The van der Waals surface area contributed by atoms with E-state index in [1.807, 2.05) is 0 Å². The maximum atomic E-state index is 11.1. The molecule has 0 saturated carbocycles. The lowest BCUT2D eigenvalue weighted by atomic mass is 10.2. The van der Waals surface area contributed by atoms with Gasteiger partial charge in [-0.1, -0.05) is 0 Å². The molecule has 1 unspecified atom stereocenters. The van der Waals surface area contributed by atoms with Crippen molar-refractivity contribution < 1.29 is 14.3 Å². The second kappa shape index (κ2) is 5.01. The summed E-state index contributed by atoms with van der Waals surface area (Å²) in [7, 11) is 0. The Bertz CT molecular complexity index is 416. The normalized spacial score (nSPS) is 19.2. The van der Waals surface area contributed by atoms with Gasteiger partial charge < -0.3 is 20.9 Å². The van der Waals surface area contributed by atoms with Crippen LogP contribution in [0.3, 0.4) is 0 Å². The Morgan fingerprint density at radius 3 is 3.12 bits per heavy atom. The highest BCUT2D eigenvalue weighted by Crippen LogP contribution is 2.18. The van der Waals surface area contributed by atoms with Crippen molar-refractivity contribution in [1.82, 2.24) is 4.98 Å². The van der Waals surface area contributed by atoms with E-state index in [1.165, 1.54) is 12.3 Å². The van der Waals surface area contributed by atoms with Crippen molar-refractivity contribution in [3.8, 4) is 5.88 Å². The van der Waals surface area contributed by atoms with Crippen LogP contribution in [-0.2, 0) is 4.74 Å². The minimum Gasteiger partial charge on any atom is -0.475 e. The number of nitrogen functional groups attached to an aromatic ring is 1. The number of amides is 1. The summed E-state index contributed by atoms with van der Waals surface area (Å²) in [6.45, 7) is 1.20. The Labute approximate surface area is 98.9 Å². The number of carbonyl (C=O) groups is 1. The molecule has 1 aliphatic heterocycles. The summed E-state index contributed by atoms with van der Waals surface area (Å²) in [4.78, 5) is 15.0. The summed E-state index contributed by atoms with van der Waals surface area (Å²) < 4.78 is 10.8. The van der Waals surface area contributed by atoms with Crippen molar-refractivity contribution in [3.05, 3.63) is 17.8 Å². The highest BCUT2D eigenvalue weighted by atomic mass is 16.5. The molecule has 1 amide bonds. The van der Waals surface area contributed by atoms with Gasteiger partial charge in [-0.05, 0) is 12.8 Å². The molecule has 6 heteroatoms. The number of pyridine rings is 1. The molecule has 2 rings (SSSR count). The van der Waals surface area contributed by atoms with Gasteiger partial charge in [0.25, 0.3) is 5.91 Å². The summed E-state index contributed by atoms with van der Waals surface area (Å²) in [5.74, 6) is -0.254. The van der Waals surface area contributed by atoms with Crippen LogP contribution in [0.2, 0.25) is 0 Å². The second-order valence-electron chi connectivity index (χ2n) is 3.92. The topological polar surface area (TPSA) is 100 Å². The Hall–Kier alpha value is -1.82. The molecule has 17 heavy (non-hydrogen) atoms. The van der Waals surface area contributed by atoms with Gasteiger partial charge in [0, 0.05) is 12.7 Å². The Morgan fingerprint density at radius 2 is 2.47 bits per heavy atom. The van der Waals surface area contributed by atoms with Gasteiger partial charge in [0.1, 0.15) is 6.61 Å². The van der Waals surface area contributed by atoms with E-state index in [0.717, 1.165) is 19.4 Å². The first-order valence-electron chi connectivity index (χ1n) is 5.46. The molecule has 0 aromatic carbocycles. The highest BCUT2D eigenvalue weighted by Gasteiger charge is 2.17. The lowest BCUT2D eigenvalue weighted by Gasteiger charge is -2.11. The Balaban J connectivity index is 2.00. The number of anilines is 1. The summed E-state index contributed by atoms with van der Waals surface area (Å²) >= 11 is 0. The quantitative estimate of drug-likeness (QED) is 0.785. The molecule has 0 radical (unpaired) electrons.